The summed E-state index contributed by atoms with van der Waals surface area (Å²) in [5.74, 6) is -0.449. The fraction of sp³-hybridized carbons (Fsp3) is 0. The molecule has 0 spiro atoms. The van der Waals surface area contributed by atoms with Gasteiger partial charge in [-0.25, -0.2) is 0 Å². The maximum atomic E-state index is 9.35. The van der Waals surface area contributed by atoms with Crippen LogP contribution < -0.4 is 0 Å². The minimum Gasteiger partial charge on any atom is -0.499 e. The number of hydrogen-bond acceptors (Lipinski definition) is 2. The summed E-state index contributed by atoms with van der Waals surface area (Å²) in [5.41, 5.74) is 1.97. The van der Waals surface area contributed by atoms with Gasteiger partial charge in [0.25, 0.3) is 0 Å². The molecular formula is C4H4O2. The summed E-state index contributed by atoms with van der Waals surface area (Å²) in [7, 11) is 0. The van der Waals surface area contributed by atoms with Crippen molar-refractivity contribution in [3.05, 3.63) is 18.1 Å². The molecule has 0 unspecified atom stereocenters. The van der Waals surface area contributed by atoms with Crippen molar-refractivity contribution in [2.45, 2.75) is 0 Å². The number of aliphatic hydroxyl groups excluding tert-OH is 1. The fourth-order valence-corrected chi connectivity index (χ4v) is 0.0417. The SMILES string of the molecule is C=C=C(O)C=O. The van der Waals surface area contributed by atoms with Crippen molar-refractivity contribution in [2.24, 2.45) is 0 Å². The van der Waals surface area contributed by atoms with E-state index < -0.39 is 5.76 Å². The van der Waals surface area contributed by atoms with Crippen LogP contribution in [0, 0.1) is 0 Å². The molecule has 0 saturated carbocycles. The molecule has 6 heavy (non-hydrogen) atoms. The van der Waals surface area contributed by atoms with Gasteiger partial charge in [0.2, 0.25) is 0 Å². The van der Waals surface area contributed by atoms with Crippen LogP contribution in [0.2, 0.25) is 0 Å². The summed E-state index contributed by atoms with van der Waals surface area (Å²) in [6, 6.07) is 0. The first-order valence-corrected chi connectivity index (χ1v) is 1.35. The van der Waals surface area contributed by atoms with Crippen molar-refractivity contribution in [2.75, 3.05) is 0 Å². The Morgan fingerprint density at radius 2 is 2.50 bits per heavy atom. The summed E-state index contributed by atoms with van der Waals surface area (Å²) in [4.78, 5) is 9.35. The molecule has 0 aromatic carbocycles. The van der Waals surface area contributed by atoms with E-state index in [-0.39, 0.29) is 6.29 Å². The molecule has 0 fully saturated rings. The van der Waals surface area contributed by atoms with Gasteiger partial charge in [0, 0.05) is 0 Å². The molecule has 0 aliphatic rings. The van der Waals surface area contributed by atoms with E-state index >= 15 is 0 Å². The van der Waals surface area contributed by atoms with Crippen molar-refractivity contribution in [1.82, 2.24) is 0 Å². The van der Waals surface area contributed by atoms with E-state index in [9.17, 15) is 4.79 Å². The molecule has 2 nitrogen and oxygen atoms in total. The lowest BCUT2D eigenvalue weighted by molar-refractivity contribution is -0.106. The second kappa shape index (κ2) is 2.24. The lowest BCUT2D eigenvalue weighted by Crippen LogP contribution is -1.73. The summed E-state index contributed by atoms with van der Waals surface area (Å²) in [5, 5.41) is 8.04. The third-order valence-electron chi connectivity index (χ3n) is 0.293. The highest BCUT2D eigenvalue weighted by Crippen LogP contribution is 1.68. The van der Waals surface area contributed by atoms with Crippen LogP contribution in [-0.2, 0) is 4.79 Å². The Kier molecular flexibility index (Phi) is 1.86. The first-order valence-electron chi connectivity index (χ1n) is 1.35. The lowest BCUT2D eigenvalue weighted by atomic mass is 10.6. The molecule has 0 saturated heterocycles. The fourth-order valence-electron chi connectivity index (χ4n) is 0.0417. The predicted octanol–water partition coefficient (Wildman–Crippen LogP) is 0.412. The number of rotatable bonds is 1. The van der Waals surface area contributed by atoms with E-state index in [1.807, 2.05) is 5.73 Å². The van der Waals surface area contributed by atoms with Gasteiger partial charge in [-0.2, -0.15) is 0 Å². The Bertz CT molecular complexity index is 98.1. The van der Waals surface area contributed by atoms with Crippen molar-refractivity contribution in [1.29, 1.82) is 0 Å². The number of carbonyl (C=O) groups excluding carboxylic acids is 1. The smallest absolute Gasteiger partial charge is 0.199 e. The van der Waals surface area contributed by atoms with Crippen LogP contribution >= 0.6 is 0 Å². The van der Waals surface area contributed by atoms with Crippen molar-refractivity contribution in [3.8, 4) is 0 Å². The normalized spacial score (nSPS) is 6.00. The third kappa shape index (κ3) is 1.32. The summed E-state index contributed by atoms with van der Waals surface area (Å²) >= 11 is 0. The van der Waals surface area contributed by atoms with Crippen LogP contribution in [0.25, 0.3) is 0 Å². The molecule has 2 heteroatoms. The number of aldehydes is 1. The van der Waals surface area contributed by atoms with E-state index in [4.69, 9.17) is 5.11 Å². The van der Waals surface area contributed by atoms with Crippen LogP contribution in [0.5, 0.6) is 0 Å². The highest BCUT2D eigenvalue weighted by Gasteiger charge is 1.74. The van der Waals surface area contributed by atoms with E-state index in [0.29, 0.717) is 0 Å². The van der Waals surface area contributed by atoms with Gasteiger partial charge >= 0.3 is 0 Å². The van der Waals surface area contributed by atoms with Crippen molar-refractivity contribution >= 4 is 6.29 Å². The Hall–Kier alpha value is -1.01. The first kappa shape index (κ1) is 4.99. The van der Waals surface area contributed by atoms with Gasteiger partial charge in [-0.05, 0) is 0 Å². The Morgan fingerprint density at radius 3 is 2.50 bits per heavy atom. The number of hydrogen-bond donors (Lipinski definition) is 1. The molecule has 32 valence electrons. The average molecular weight is 84.1 g/mol. The third-order valence-corrected chi connectivity index (χ3v) is 0.293. The summed E-state index contributed by atoms with van der Waals surface area (Å²) < 4.78 is 0. The molecule has 0 atom stereocenters. The maximum Gasteiger partial charge on any atom is 0.199 e. The monoisotopic (exact) mass is 84.0 g/mol. The van der Waals surface area contributed by atoms with Gasteiger partial charge in [0.1, 0.15) is 0 Å². The molecular weight excluding hydrogens is 80.0 g/mol. The lowest BCUT2D eigenvalue weighted by Gasteiger charge is -1.69. The summed E-state index contributed by atoms with van der Waals surface area (Å²) in [6.45, 7) is 2.99. The van der Waals surface area contributed by atoms with Crippen LogP contribution in [0.3, 0.4) is 0 Å². The zero-order chi connectivity index (χ0) is 4.99. The van der Waals surface area contributed by atoms with Gasteiger partial charge < -0.3 is 5.11 Å². The van der Waals surface area contributed by atoms with Crippen LogP contribution in [-0.4, -0.2) is 11.4 Å². The van der Waals surface area contributed by atoms with Crippen molar-refractivity contribution < 1.29 is 9.90 Å². The standard InChI is InChI=1S/C4H4O2/c1-2-4(6)3-5/h3,6H,1H2. The van der Waals surface area contributed by atoms with Gasteiger partial charge in [0.05, 0.1) is 0 Å². The van der Waals surface area contributed by atoms with Crippen LogP contribution in [0.15, 0.2) is 18.1 Å². The second-order valence-electron chi connectivity index (χ2n) is 0.680. The number of aliphatic hydroxyl groups is 1. The topological polar surface area (TPSA) is 37.3 Å². The minimum atomic E-state index is -0.449. The Morgan fingerprint density at radius 1 is 2.00 bits per heavy atom. The zero-order valence-electron chi connectivity index (χ0n) is 3.14. The van der Waals surface area contributed by atoms with Gasteiger partial charge in [0.15, 0.2) is 12.0 Å². The van der Waals surface area contributed by atoms with E-state index in [0.717, 1.165) is 0 Å². The van der Waals surface area contributed by atoms with Crippen molar-refractivity contribution in [3.63, 3.8) is 0 Å². The Balaban J connectivity index is 3.86. The highest BCUT2D eigenvalue weighted by atomic mass is 16.3. The molecule has 0 radical (unpaired) electrons. The molecule has 1 N–H and O–H groups in total. The van der Waals surface area contributed by atoms with Crippen LogP contribution in [0.4, 0.5) is 0 Å². The number of allylic oxidation sites excluding steroid dienone is 1. The maximum absolute atomic E-state index is 9.35. The molecule has 0 bridgehead atoms. The average Bonchev–Trinajstić information content (AvgIpc) is 1.65. The molecule has 0 rings (SSSR count). The highest BCUT2D eigenvalue weighted by molar-refractivity contribution is 5.68. The largest absolute Gasteiger partial charge is 0.499 e. The van der Waals surface area contributed by atoms with Gasteiger partial charge in [-0.3, -0.25) is 4.79 Å². The van der Waals surface area contributed by atoms with Gasteiger partial charge in [-0.1, -0.05) is 12.3 Å². The number of carbonyl (C=O) groups is 1. The first-order chi connectivity index (χ1) is 2.81. The summed E-state index contributed by atoms with van der Waals surface area (Å²) in [6.07, 6.45) is 0.271. The van der Waals surface area contributed by atoms with E-state index in [1.165, 1.54) is 0 Å². The molecule has 0 aromatic heterocycles. The molecule has 0 heterocycles. The van der Waals surface area contributed by atoms with Gasteiger partial charge in [-0.15, -0.1) is 0 Å². The molecule has 0 aliphatic carbocycles. The van der Waals surface area contributed by atoms with Crippen LogP contribution in [0.1, 0.15) is 0 Å². The quantitative estimate of drug-likeness (QED) is 0.216. The molecule has 0 aliphatic heterocycles. The van der Waals surface area contributed by atoms with E-state index in [2.05, 4.69) is 6.58 Å². The zero-order valence-corrected chi connectivity index (χ0v) is 3.14. The minimum absolute atomic E-state index is 0.271. The second-order valence-corrected chi connectivity index (χ2v) is 0.680. The van der Waals surface area contributed by atoms with E-state index in [1.54, 1.807) is 0 Å². The molecule has 0 amide bonds. The Labute approximate surface area is 35.4 Å². The predicted molar refractivity (Wildman–Crippen MR) is 21.3 cm³/mol. The molecule has 0 aromatic rings.